The van der Waals surface area contributed by atoms with Crippen molar-refractivity contribution >= 4 is 6.29 Å². The number of hydrogen-bond donors (Lipinski definition) is 0. The number of hydrogen-bond acceptors (Lipinski definition) is 2. The van der Waals surface area contributed by atoms with E-state index >= 15 is 0 Å². The largest absolute Gasteiger partial charge is 0.303 e. The summed E-state index contributed by atoms with van der Waals surface area (Å²) < 4.78 is 0. The fourth-order valence-corrected chi connectivity index (χ4v) is 1.63. The molecule has 0 N–H and O–H groups in total. The molecule has 0 aromatic rings. The topological polar surface area (TPSA) is 20.3 Å². The van der Waals surface area contributed by atoms with Crippen molar-refractivity contribution in [1.82, 2.24) is 4.90 Å². The van der Waals surface area contributed by atoms with Crippen molar-refractivity contribution in [2.75, 3.05) is 13.6 Å². The summed E-state index contributed by atoms with van der Waals surface area (Å²) in [7, 11) is 2.15. The van der Waals surface area contributed by atoms with Crippen LogP contribution < -0.4 is 0 Å². The lowest BCUT2D eigenvalue weighted by Crippen LogP contribution is -2.33. The Morgan fingerprint density at radius 2 is 2.18 bits per heavy atom. The number of nitrogens with zero attached hydrogens (tertiary/aromatic N) is 1. The highest BCUT2D eigenvalue weighted by Crippen LogP contribution is 2.44. The van der Waals surface area contributed by atoms with Gasteiger partial charge in [-0.25, -0.2) is 0 Å². The number of rotatable bonds is 5. The average molecular weight is 155 g/mol. The maximum absolute atomic E-state index is 10.2. The van der Waals surface area contributed by atoms with E-state index in [1.165, 1.54) is 12.8 Å². The van der Waals surface area contributed by atoms with E-state index in [9.17, 15) is 4.79 Å². The molecule has 0 radical (unpaired) electrons. The van der Waals surface area contributed by atoms with Crippen LogP contribution in [0.3, 0.4) is 0 Å². The van der Waals surface area contributed by atoms with Crippen molar-refractivity contribution in [1.29, 1.82) is 0 Å². The second-order valence-electron chi connectivity index (χ2n) is 3.44. The molecule has 0 aromatic heterocycles. The van der Waals surface area contributed by atoms with Crippen molar-refractivity contribution in [2.45, 2.75) is 38.1 Å². The third-order valence-electron chi connectivity index (χ3n) is 2.84. The zero-order chi connectivity index (χ0) is 8.32. The Kier molecular flexibility index (Phi) is 2.66. The predicted molar refractivity (Wildman–Crippen MR) is 45.6 cm³/mol. The Labute approximate surface area is 68.6 Å². The van der Waals surface area contributed by atoms with Gasteiger partial charge in [0.25, 0.3) is 0 Å². The molecule has 0 aromatic carbocycles. The molecule has 11 heavy (non-hydrogen) atoms. The van der Waals surface area contributed by atoms with E-state index in [4.69, 9.17) is 0 Å². The van der Waals surface area contributed by atoms with E-state index in [0.29, 0.717) is 5.54 Å². The average Bonchev–Trinajstić information content (AvgIpc) is 2.80. The van der Waals surface area contributed by atoms with E-state index < -0.39 is 0 Å². The van der Waals surface area contributed by atoms with Gasteiger partial charge in [0, 0.05) is 12.0 Å². The van der Waals surface area contributed by atoms with Crippen LogP contribution in [0, 0.1) is 0 Å². The van der Waals surface area contributed by atoms with Gasteiger partial charge < -0.3 is 9.69 Å². The minimum atomic E-state index is 0.412. The Morgan fingerprint density at radius 1 is 1.55 bits per heavy atom. The smallest absolute Gasteiger partial charge is 0.120 e. The van der Waals surface area contributed by atoms with Crippen LogP contribution in [0.15, 0.2) is 0 Å². The summed E-state index contributed by atoms with van der Waals surface area (Å²) in [4.78, 5) is 12.5. The fraction of sp³-hybridized carbons (Fsp3) is 0.889. The van der Waals surface area contributed by atoms with Crippen LogP contribution in [-0.4, -0.2) is 30.3 Å². The molecule has 0 unspecified atom stereocenters. The summed E-state index contributed by atoms with van der Waals surface area (Å²) in [6.07, 6.45) is 5.38. The Morgan fingerprint density at radius 3 is 2.55 bits per heavy atom. The van der Waals surface area contributed by atoms with Gasteiger partial charge in [0.05, 0.1) is 0 Å². The minimum Gasteiger partial charge on any atom is -0.303 e. The van der Waals surface area contributed by atoms with E-state index in [1.807, 2.05) is 0 Å². The van der Waals surface area contributed by atoms with Gasteiger partial charge in [0.1, 0.15) is 6.29 Å². The van der Waals surface area contributed by atoms with Crippen LogP contribution >= 0.6 is 0 Å². The molecular formula is C9H17NO. The molecule has 0 amide bonds. The van der Waals surface area contributed by atoms with E-state index in [0.717, 1.165) is 25.7 Å². The summed E-state index contributed by atoms with van der Waals surface area (Å²) >= 11 is 0. The zero-order valence-electron chi connectivity index (χ0n) is 7.47. The molecule has 2 nitrogen and oxygen atoms in total. The molecule has 64 valence electrons. The molecule has 1 saturated carbocycles. The number of carbonyl (C=O) groups is 1. The SMILES string of the molecule is CCN(C)C1(CCC=O)CC1. The lowest BCUT2D eigenvalue weighted by atomic mass is 10.1. The highest BCUT2D eigenvalue weighted by atomic mass is 16.1. The third-order valence-corrected chi connectivity index (χ3v) is 2.84. The van der Waals surface area contributed by atoms with Crippen molar-refractivity contribution in [2.24, 2.45) is 0 Å². The lowest BCUT2D eigenvalue weighted by Gasteiger charge is -2.25. The minimum absolute atomic E-state index is 0.412. The first-order valence-electron chi connectivity index (χ1n) is 4.40. The summed E-state index contributed by atoms with van der Waals surface area (Å²) in [5.74, 6) is 0. The molecule has 1 aliphatic carbocycles. The van der Waals surface area contributed by atoms with Crippen LogP contribution in [0.1, 0.15) is 32.6 Å². The monoisotopic (exact) mass is 155 g/mol. The van der Waals surface area contributed by atoms with Crippen molar-refractivity contribution in [3.8, 4) is 0 Å². The summed E-state index contributed by atoms with van der Waals surface area (Å²) in [6.45, 7) is 3.26. The molecule has 0 spiro atoms. The second kappa shape index (κ2) is 3.35. The maximum atomic E-state index is 10.2. The maximum Gasteiger partial charge on any atom is 0.120 e. The van der Waals surface area contributed by atoms with Gasteiger partial charge in [-0.2, -0.15) is 0 Å². The van der Waals surface area contributed by atoms with Gasteiger partial charge in [0.15, 0.2) is 0 Å². The fourth-order valence-electron chi connectivity index (χ4n) is 1.63. The molecule has 1 fully saturated rings. The molecule has 0 saturated heterocycles. The normalized spacial score (nSPS) is 20.3. The van der Waals surface area contributed by atoms with Gasteiger partial charge in [-0.05, 0) is 32.9 Å². The molecule has 1 rings (SSSR count). The van der Waals surface area contributed by atoms with Crippen molar-refractivity contribution < 1.29 is 4.79 Å². The molecule has 0 heterocycles. The van der Waals surface area contributed by atoms with E-state index in [-0.39, 0.29) is 0 Å². The Balaban J connectivity index is 2.33. The summed E-state index contributed by atoms with van der Waals surface area (Å²) in [6, 6.07) is 0. The Hall–Kier alpha value is -0.370. The van der Waals surface area contributed by atoms with Crippen LogP contribution in [0.25, 0.3) is 0 Å². The summed E-state index contributed by atoms with van der Waals surface area (Å²) in [5.41, 5.74) is 0.412. The quantitative estimate of drug-likeness (QED) is 0.560. The van der Waals surface area contributed by atoms with Crippen LogP contribution in [0.2, 0.25) is 0 Å². The van der Waals surface area contributed by atoms with Gasteiger partial charge in [0.2, 0.25) is 0 Å². The summed E-state index contributed by atoms with van der Waals surface area (Å²) in [5, 5.41) is 0. The first-order chi connectivity index (χ1) is 5.25. The third kappa shape index (κ3) is 1.80. The van der Waals surface area contributed by atoms with E-state index in [1.54, 1.807) is 0 Å². The highest BCUT2D eigenvalue weighted by Gasteiger charge is 2.44. The molecule has 0 aliphatic heterocycles. The van der Waals surface area contributed by atoms with Gasteiger partial charge in [-0.15, -0.1) is 0 Å². The van der Waals surface area contributed by atoms with E-state index in [2.05, 4.69) is 18.9 Å². The van der Waals surface area contributed by atoms with Gasteiger partial charge >= 0.3 is 0 Å². The molecule has 1 aliphatic rings. The van der Waals surface area contributed by atoms with Crippen molar-refractivity contribution in [3.63, 3.8) is 0 Å². The molecule has 0 atom stereocenters. The predicted octanol–water partition coefficient (Wildman–Crippen LogP) is 1.45. The Bertz CT molecular complexity index is 140. The second-order valence-corrected chi connectivity index (χ2v) is 3.44. The number of aldehydes is 1. The van der Waals surface area contributed by atoms with Crippen LogP contribution in [-0.2, 0) is 4.79 Å². The van der Waals surface area contributed by atoms with Crippen molar-refractivity contribution in [3.05, 3.63) is 0 Å². The molecular weight excluding hydrogens is 138 g/mol. The van der Waals surface area contributed by atoms with Crippen LogP contribution in [0.4, 0.5) is 0 Å². The van der Waals surface area contributed by atoms with Crippen LogP contribution in [0.5, 0.6) is 0 Å². The van der Waals surface area contributed by atoms with Gasteiger partial charge in [-0.3, -0.25) is 0 Å². The lowest BCUT2D eigenvalue weighted by molar-refractivity contribution is -0.108. The molecule has 0 bridgehead atoms. The molecule has 2 heteroatoms. The first-order valence-corrected chi connectivity index (χ1v) is 4.40. The number of carbonyl (C=O) groups excluding carboxylic acids is 1. The first kappa shape index (κ1) is 8.72. The highest BCUT2D eigenvalue weighted by molar-refractivity contribution is 5.49. The van der Waals surface area contributed by atoms with Gasteiger partial charge in [-0.1, -0.05) is 6.92 Å². The standard InChI is InChI=1S/C9H17NO/c1-3-10(2)9(6-7-9)5-4-8-11/h8H,3-7H2,1-2H3. The zero-order valence-corrected chi connectivity index (χ0v) is 7.47.